The van der Waals surface area contributed by atoms with Gasteiger partial charge < -0.3 is 0 Å². The fourth-order valence-corrected chi connectivity index (χ4v) is 3.20. The van der Waals surface area contributed by atoms with E-state index < -0.39 is 0 Å². The molecule has 0 aliphatic heterocycles. The maximum atomic E-state index is 12.5. The highest BCUT2D eigenvalue weighted by molar-refractivity contribution is 9.10. The second-order valence-corrected chi connectivity index (χ2v) is 6.60. The van der Waals surface area contributed by atoms with E-state index in [-0.39, 0.29) is 5.56 Å². The molecule has 1 N–H and O–H groups in total. The van der Waals surface area contributed by atoms with Gasteiger partial charge in [0.15, 0.2) is 11.5 Å². The first-order valence-electron chi connectivity index (χ1n) is 7.85. The van der Waals surface area contributed by atoms with Crippen LogP contribution in [0, 0.1) is 6.92 Å². The van der Waals surface area contributed by atoms with E-state index >= 15 is 0 Å². The number of halogens is 1. The Labute approximate surface area is 151 Å². The third kappa shape index (κ3) is 2.58. The van der Waals surface area contributed by atoms with Gasteiger partial charge in [-0.1, -0.05) is 22.9 Å². The molecule has 0 saturated carbocycles. The third-order valence-corrected chi connectivity index (χ3v) is 4.64. The summed E-state index contributed by atoms with van der Waals surface area (Å²) in [5.41, 5.74) is 3.70. The molecule has 126 valence electrons. The van der Waals surface area contributed by atoms with Gasteiger partial charge in [0.25, 0.3) is 5.56 Å². The fraction of sp³-hybridized carbons (Fsp3) is 0.176. The zero-order valence-electron chi connectivity index (χ0n) is 13.7. The highest BCUT2D eigenvalue weighted by Crippen LogP contribution is 2.24. The van der Waals surface area contributed by atoms with Crippen molar-refractivity contribution in [3.63, 3.8) is 0 Å². The zero-order chi connectivity index (χ0) is 17.6. The molecular formula is C17H15BrN6O. The van der Waals surface area contributed by atoms with Crippen LogP contribution < -0.4 is 5.56 Å². The number of aromatic amines is 1. The second kappa shape index (κ2) is 5.96. The molecule has 0 aliphatic rings. The molecule has 4 heterocycles. The lowest BCUT2D eigenvalue weighted by atomic mass is 10.1. The van der Waals surface area contributed by atoms with Gasteiger partial charge in [0.2, 0.25) is 0 Å². The van der Waals surface area contributed by atoms with E-state index in [0.717, 1.165) is 26.9 Å². The molecule has 8 heteroatoms. The van der Waals surface area contributed by atoms with Crippen molar-refractivity contribution in [1.82, 2.24) is 29.4 Å². The van der Waals surface area contributed by atoms with Gasteiger partial charge in [-0.15, -0.1) is 0 Å². The highest BCUT2D eigenvalue weighted by atomic mass is 79.9. The SMILES string of the molecule is CCc1c(C)nc2c(-c3cnn(-c4cc(Br)ccn4)c3)c[nH]n2c1=O. The number of hydrogen-bond acceptors (Lipinski definition) is 4. The number of fused-ring (bicyclic) bond motifs is 1. The smallest absolute Gasteiger partial charge is 0.276 e. The van der Waals surface area contributed by atoms with Crippen molar-refractivity contribution < 1.29 is 0 Å². The Hall–Kier alpha value is -2.74. The first kappa shape index (κ1) is 15.8. The van der Waals surface area contributed by atoms with Crippen molar-refractivity contribution in [2.24, 2.45) is 0 Å². The molecule has 0 atom stereocenters. The molecule has 0 bridgehead atoms. The van der Waals surface area contributed by atoms with Crippen LogP contribution in [0.5, 0.6) is 0 Å². The van der Waals surface area contributed by atoms with Gasteiger partial charge in [-0.05, 0) is 25.5 Å². The summed E-state index contributed by atoms with van der Waals surface area (Å²) in [6, 6.07) is 3.74. The summed E-state index contributed by atoms with van der Waals surface area (Å²) >= 11 is 3.43. The van der Waals surface area contributed by atoms with Crippen molar-refractivity contribution >= 4 is 21.6 Å². The minimum Gasteiger partial charge on any atom is -0.296 e. The predicted molar refractivity (Wildman–Crippen MR) is 98.0 cm³/mol. The molecule has 0 radical (unpaired) electrons. The topological polar surface area (TPSA) is 80.9 Å². The van der Waals surface area contributed by atoms with E-state index in [1.54, 1.807) is 23.3 Å². The van der Waals surface area contributed by atoms with Gasteiger partial charge in [-0.2, -0.15) is 5.10 Å². The van der Waals surface area contributed by atoms with Gasteiger partial charge >= 0.3 is 0 Å². The number of hydrogen-bond donors (Lipinski definition) is 1. The molecular weight excluding hydrogens is 384 g/mol. The van der Waals surface area contributed by atoms with E-state index in [4.69, 9.17) is 0 Å². The standard InChI is InChI=1S/C17H15BrN6O/c1-3-13-10(2)22-16-14(8-21-24(16)17(13)25)11-7-20-23(9-11)15-6-12(18)4-5-19-15/h4-9,21H,3H2,1-2H3. The molecule has 4 rings (SSSR count). The van der Waals surface area contributed by atoms with Crippen LogP contribution in [0.1, 0.15) is 18.2 Å². The zero-order valence-corrected chi connectivity index (χ0v) is 15.3. The van der Waals surface area contributed by atoms with Gasteiger partial charge in [-0.3, -0.25) is 9.89 Å². The number of rotatable bonds is 3. The Morgan fingerprint density at radius 1 is 1.36 bits per heavy atom. The largest absolute Gasteiger partial charge is 0.296 e. The van der Waals surface area contributed by atoms with Gasteiger partial charge in [-0.25, -0.2) is 19.2 Å². The fourth-order valence-electron chi connectivity index (χ4n) is 2.88. The van der Waals surface area contributed by atoms with Crippen molar-refractivity contribution in [1.29, 1.82) is 0 Å². The molecule has 0 unspecified atom stereocenters. The van der Waals surface area contributed by atoms with Crippen molar-refractivity contribution in [2.45, 2.75) is 20.3 Å². The number of pyridine rings is 1. The molecule has 4 aromatic rings. The van der Waals surface area contributed by atoms with Gasteiger partial charge in [0.1, 0.15) is 0 Å². The lowest BCUT2D eigenvalue weighted by Gasteiger charge is -2.03. The van der Waals surface area contributed by atoms with Crippen LogP contribution >= 0.6 is 15.9 Å². The van der Waals surface area contributed by atoms with Crippen LogP contribution in [0.3, 0.4) is 0 Å². The average Bonchev–Trinajstić information content (AvgIpc) is 3.22. The molecule has 0 saturated heterocycles. The molecule has 0 fully saturated rings. The van der Waals surface area contributed by atoms with Crippen molar-refractivity contribution in [2.75, 3.05) is 0 Å². The van der Waals surface area contributed by atoms with Crippen LogP contribution in [0.4, 0.5) is 0 Å². The Morgan fingerprint density at radius 3 is 2.96 bits per heavy atom. The van der Waals surface area contributed by atoms with Crippen LogP contribution in [-0.2, 0) is 6.42 Å². The van der Waals surface area contributed by atoms with Crippen LogP contribution in [-0.4, -0.2) is 29.4 Å². The maximum absolute atomic E-state index is 12.5. The Kier molecular flexibility index (Phi) is 3.76. The first-order chi connectivity index (χ1) is 12.1. The molecule has 0 aromatic carbocycles. The Bertz CT molecular complexity index is 1140. The molecule has 25 heavy (non-hydrogen) atoms. The third-order valence-electron chi connectivity index (χ3n) is 4.15. The lowest BCUT2D eigenvalue weighted by Crippen LogP contribution is -2.21. The monoisotopic (exact) mass is 398 g/mol. The van der Waals surface area contributed by atoms with Gasteiger partial charge in [0, 0.05) is 45.4 Å². The summed E-state index contributed by atoms with van der Waals surface area (Å²) in [4.78, 5) is 21.5. The van der Waals surface area contributed by atoms with E-state index in [9.17, 15) is 4.79 Å². The number of nitrogens with zero attached hydrogens (tertiary/aromatic N) is 5. The quantitative estimate of drug-likeness (QED) is 0.575. The van der Waals surface area contributed by atoms with Crippen LogP contribution in [0.25, 0.3) is 22.6 Å². The minimum absolute atomic E-state index is 0.0581. The summed E-state index contributed by atoms with van der Waals surface area (Å²) in [7, 11) is 0. The molecule has 0 spiro atoms. The number of H-pyrrole nitrogens is 1. The lowest BCUT2D eigenvalue weighted by molar-refractivity contribution is 0.846. The normalized spacial score (nSPS) is 11.3. The van der Waals surface area contributed by atoms with E-state index in [0.29, 0.717) is 17.9 Å². The number of aryl methyl sites for hydroxylation is 1. The Morgan fingerprint density at radius 2 is 2.20 bits per heavy atom. The number of nitrogens with one attached hydrogen (secondary N) is 1. The summed E-state index contributed by atoms with van der Waals surface area (Å²) in [6.45, 7) is 3.82. The highest BCUT2D eigenvalue weighted by Gasteiger charge is 2.15. The summed E-state index contributed by atoms with van der Waals surface area (Å²) in [5, 5.41) is 7.37. The molecule has 7 nitrogen and oxygen atoms in total. The van der Waals surface area contributed by atoms with Crippen LogP contribution in [0.15, 0.2) is 46.2 Å². The van der Waals surface area contributed by atoms with E-state index in [1.807, 2.05) is 32.2 Å². The molecule has 4 aromatic heterocycles. The number of aromatic nitrogens is 6. The molecule has 0 aliphatic carbocycles. The predicted octanol–water partition coefficient (Wildman–Crippen LogP) is 2.90. The van der Waals surface area contributed by atoms with Gasteiger partial charge in [0.05, 0.1) is 6.20 Å². The summed E-state index contributed by atoms with van der Waals surface area (Å²) in [6.07, 6.45) is 7.75. The average molecular weight is 399 g/mol. The first-order valence-corrected chi connectivity index (χ1v) is 8.64. The summed E-state index contributed by atoms with van der Waals surface area (Å²) < 4.78 is 4.10. The molecule has 0 amide bonds. The van der Waals surface area contributed by atoms with E-state index in [1.165, 1.54) is 4.52 Å². The Balaban J connectivity index is 1.85. The second-order valence-electron chi connectivity index (χ2n) is 5.69. The maximum Gasteiger partial charge on any atom is 0.276 e. The van der Waals surface area contributed by atoms with Crippen molar-refractivity contribution in [3.8, 4) is 16.9 Å². The van der Waals surface area contributed by atoms with E-state index in [2.05, 4.69) is 36.1 Å². The minimum atomic E-state index is -0.0581. The van der Waals surface area contributed by atoms with Crippen LogP contribution in [0.2, 0.25) is 0 Å². The van der Waals surface area contributed by atoms with Crippen molar-refractivity contribution in [3.05, 3.63) is 63.0 Å². The summed E-state index contributed by atoms with van der Waals surface area (Å²) in [5.74, 6) is 0.704.